The van der Waals surface area contributed by atoms with Crippen molar-refractivity contribution < 1.29 is 9.63 Å². The molecule has 0 fully saturated rings. The van der Waals surface area contributed by atoms with Crippen molar-refractivity contribution >= 4 is 23.2 Å². The lowest BCUT2D eigenvalue weighted by atomic mass is 10.1. The Balaban J connectivity index is 2.16. The molecule has 1 aromatic carbocycles. The Kier molecular flexibility index (Phi) is 4.22. The van der Waals surface area contributed by atoms with E-state index in [9.17, 15) is 5.11 Å². The predicted octanol–water partition coefficient (Wildman–Crippen LogP) is 2.89. The molecule has 1 atom stereocenters. The molecule has 0 saturated carbocycles. The highest BCUT2D eigenvalue weighted by Gasteiger charge is 2.12. The zero-order valence-electron chi connectivity index (χ0n) is 9.73. The second-order valence-electron chi connectivity index (χ2n) is 4.03. The summed E-state index contributed by atoms with van der Waals surface area (Å²) in [6, 6.07) is 5.31. The molecule has 0 aliphatic rings. The molecular weight excluding hydrogens is 275 g/mol. The average molecular weight is 287 g/mol. The highest BCUT2D eigenvalue weighted by molar-refractivity contribution is 6.36. The molecule has 0 amide bonds. The molecule has 1 aromatic heterocycles. The van der Waals surface area contributed by atoms with Crippen LogP contribution < -0.4 is 0 Å². The Labute approximate surface area is 115 Å². The molecular formula is C12H12Cl2N2O2. The monoisotopic (exact) mass is 286 g/mol. The lowest BCUT2D eigenvalue weighted by Gasteiger charge is -2.03. The van der Waals surface area contributed by atoms with Gasteiger partial charge in [0, 0.05) is 16.5 Å². The highest BCUT2D eigenvalue weighted by Crippen LogP contribution is 2.26. The Hall–Kier alpha value is -1.10. The van der Waals surface area contributed by atoms with E-state index in [0.717, 1.165) is 5.56 Å². The van der Waals surface area contributed by atoms with Crippen LogP contribution in [0.25, 0.3) is 0 Å². The van der Waals surface area contributed by atoms with Crippen molar-refractivity contribution in [3.8, 4) is 0 Å². The van der Waals surface area contributed by atoms with Crippen molar-refractivity contribution in [3.63, 3.8) is 0 Å². The van der Waals surface area contributed by atoms with E-state index in [2.05, 4.69) is 10.1 Å². The number of halogens is 2. The second kappa shape index (κ2) is 5.69. The first-order chi connectivity index (χ1) is 8.56. The van der Waals surface area contributed by atoms with Gasteiger partial charge in [0.1, 0.15) is 0 Å². The van der Waals surface area contributed by atoms with E-state index >= 15 is 0 Å². The van der Waals surface area contributed by atoms with Crippen LogP contribution in [0.4, 0.5) is 0 Å². The van der Waals surface area contributed by atoms with Gasteiger partial charge in [0.15, 0.2) is 5.82 Å². The first-order valence-corrected chi connectivity index (χ1v) is 6.24. The molecule has 1 heterocycles. The molecule has 2 rings (SSSR count). The fraction of sp³-hybridized carbons (Fsp3) is 0.333. The Morgan fingerprint density at radius 2 is 2.00 bits per heavy atom. The lowest BCUT2D eigenvalue weighted by molar-refractivity contribution is 0.181. The van der Waals surface area contributed by atoms with Gasteiger partial charge in [-0.1, -0.05) is 34.4 Å². The van der Waals surface area contributed by atoms with Gasteiger partial charge in [0.05, 0.1) is 12.5 Å². The molecule has 2 aromatic rings. The summed E-state index contributed by atoms with van der Waals surface area (Å²) in [6.07, 6.45) is 0.229. The fourth-order valence-corrected chi connectivity index (χ4v) is 2.09. The van der Waals surface area contributed by atoms with E-state index in [1.54, 1.807) is 25.1 Å². The van der Waals surface area contributed by atoms with Gasteiger partial charge in [-0.3, -0.25) is 0 Å². The minimum absolute atomic E-state index is 0.337. The number of nitrogens with zero attached hydrogens (tertiary/aromatic N) is 2. The Morgan fingerprint density at radius 3 is 2.61 bits per heavy atom. The predicted molar refractivity (Wildman–Crippen MR) is 69.0 cm³/mol. The number of aliphatic hydroxyl groups is 1. The Bertz CT molecular complexity index is 520. The van der Waals surface area contributed by atoms with E-state index in [4.69, 9.17) is 27.7 Å². The minimum Gasteiger partial charge on any atom is -0.393 e. The van der Waals surface area contributed by atoms with Gasteiger partial charge in [-0.2, -0.15) is 4.98 Å². The van der Waals surface area contributed by atoms with E-state index < -0.39 is 6.10 Å². The third-order valence-electron chi connectivity index (χ3n) is 2.38. The molecule has 0 aliphatic carbocycles. The van der Waals surface area contributed by atoms with Crippen LogP contribution in [0.5, 0.6) is 0 Å². The van der Waals surface area contributed by atoms with Gasteiger partial charge in [0.2, 0.25) is 5.89 Å². The summed E-state index contributed by atoms with van der Waals surface area (Å²) in [6.45, 7) is 1.66. The average Bonchev–Trinajstić information content (AvgIpc) is 2.70. The van der Waals surface area contributed by atoms with E-state index in [1.807, 2.05) is 0 Å². The van der Waals surface area contributed by atoms with E-state index in [-0.39, 0.29) is 0 Å². The molecule has 1 N–H and O–H groups in total. The SMILES string of the molecule is CC(O)Cc1nc(Cc2c(Cl)cccc2Cl)no1. The highest BCUT2D eigenvalue weighted by atomic mass is 35.5. The molecule has 0 aliphatic heterocycles. The van der Waals surface area contributed by atoms with Gasteiger partial charge in [0.25, 0.3) is 0 Å². The fourth-order valence-electron chi connectivity index (χ4n) is 1.56. The van der Waals surface area contributed by atoms with Gasteiger partial charge >= 0.3 is 0 Å². The van der Waals surface area contributed by atoms with Crippen LogP contribution in [0.1, 0.15) is 24.2 Å². The van der Waals surface area contributed by atoms with Crippen molar-refractivity contribution in [2.24, 2.45) is 0 Å². The first-order valence-electron chi connectivity index (χ1n) is 5.48. The number of aliphatic hydroxyl groups excluding tert-OH is 1. The largest absolute Gasteiger partial charge is 0.393 e. The molecule has 0 radical (unpaired) electrons. The summed E-state index contributed by atoms with van der Waals surface area (Å²) < 4.78 is 5.02. The van der Waals surface area contributed by atoms with Crippen LogP contribution in [0, 0.1) is 0 Å². The van der Waals surface area contributed by atoms with Crippen molar-refractivity contribution in [3.05, 3.63) is 45.5 Å². The molecule has 96 valence electrons. The molecule has 0 saturated heterocycles. The number of rotatable bonds is 4. The number of aromatic nitrogens is 2. The molecule has 0 spiro atoms. The summed E-state index contributed by atoms with van der Waals surface area (Å²) in [4.78, 5) is 4.17. The van der Waals surface area contributed by atoms with Crippen LogP contribution in [0.2, 0.25) is 10.0 Å². The van der Waals surface area contributed by atoms with Crippen LogP contribution in [-0.2, 0) is 12.8 Å². The number of hydrogen-bond donors (Lipinski definition) is 1. The van der Waals surface area contributed by atoms with Crippen LogP contribution in [-0.4, -0.2) is 21.4 Å². The van der Waals surface area contributed by atoms with Crippen LogP contribution in [0.15, 0.2) is 22.7 Å². The van der Waals surface area contributed by atoms with Gasteiger partial charge in [-0.25, -0.2) is 0 Å². The standard InChI is InChI=1S/C12H12Cl2N2O2/c1-7(17)5-12-15-11(16-18-12)6-8-9(13)3-2-4-10(8)14/h2-4,7,17H,5-6H2,1H3. The van der Waals surface area contributed by atoms with Crippen LogP contribution in [0.3, 0.4) is 0 Å². The van der Waals surface area contributed by atoms with Gasteiger partial charge in [-0.15, -0.1) is 0 Å². The van der Waals surface area contributed by atoms with Gasteiger partial charge < -0.3 is 9.63 Å². The van der Waals surface area contributed by atoms with Gasteiger partial charge in [-0.05, 0) is 24.6 Å². The molecule has 4 nitrogen and oxygen atoms in total. The topological polar surface area (TPSA) is 59.2 Å². The normalized spacial score (nSPS) is 12.7. The number of hydrogen-bond acceptors (Lipinski definition) is 4. The lowest BCUT2D eigenvalue weighted by Crippen LogP contribution is -2.04. The van der Waals surface area contributed by atoms with Crippen LogP contribution >= 0.6 is 23.2 Å². The van der Waals surface area contributed by atoms with E-state index in [0.29, 0.717) is 34.6 Å². The van der Waals surface area contributed by atoms with E-state index in [1.165, 1.54) is 0 Å². The second-order valence-corrected chi connectivity index (χ2v) is 4.85. The summed E-state index contributed by atoms with van der Waals surface area (Å²) in [5.74, 6) is 0.906. The molecule has 1 unspecified atom stereocenters. The zero-order chi connectivity index (χ0) is 13.1. The summed E-state index contributed by atoms with van der Waals surface area (Å²) in [5, 5.41) is 14.2. The van der Waals surface area contributed by atoms with Crippen molar-refractivity contribution in [1.82, 2.24) is 10.1 Å². The maximum Gasteiger partial charge on any atom is 0.229 e. The summed E-state index contributed by atoms with van der Waals surface area (Å²) >= 11 is 12.1. The third-order valence-corrected chi connectivity index (χ3v) is 3.08. The van der Waals surface area contributed by atoms with Crippen molar-refractivity contribution in [2.45, 2.75) is 25.9 Å². The van der Waals surface area contributed by atoms with Crippen molar-refractivity contribution in [1.29, 1.82) is 0 Å². The molecule has 18 heavy (non-hydrogen) atoms. The Morgan fingerprint density at radius 1 is 1.33 bits per heavy atom. The zero-order valence-corrected chi connectivity index (χ0v) is 11.2. The summed E-state index contributed by atoms with van der Waals surface area (Å²) in [7, 11) is 0. The minimum atomic E-state index is -0.512. The number of benzene rings is 1. The maximum atomic E-state index is 9.22. The quantitative estimate of drug-likeness (QED) is 0.939. The molecule has 0 bridgehead atoms. The third kappa shape index (κ3) is 3.22. The van der Waals surface area contributed by atoms with Crippen molar-refractivity contribution in [2.75, 3.05) is 0 Å². The maximum absolute atomic E-state index is 9.22. The first kappa shape index (κ1) is 13.3. The molecule has 6 heteroatoms. The summed E-state index contributed by atoms with van der Waals surface area (Å²) in [5.41, 5.74) is 0.769. The smallest absolute Gasteiger partial charge is 0.229 e.